The average molecular weight is 331 g/mol. The summed E-state index contributed by atoms with van der Waals surface area (Å²) in [6, 6.07) is 8.64. The monoisotopic (exact) mass is 331 g/mol. The summed E-state index contributed by atoms with van der Waals surface area (Å²) < 4.78 is 11.4. The lowest BCUT2D eigenvalue weighted by Crippen LogP contribution is -2.48. The second-order valence-electron chi connectivity index (χ2n) is 7.69. The number of rotatable bonds is 0. The van der Waals surface area contributed by atoms with Crippen LogP contribution in [0.5, 0.6) is 0 Å². The van der Waals surface area contributed by atoms with Crippen LogP contribution in [0.4, 0.5) is 4.79 Å². The van der Waals surface area contributed by atoms with Gasteiger partial charge in [0.05, 0.1) is 6.10 Å². The number of carbonyl (C=O) groups excluding carboxylic acids is 1. The molecule has 0 aromatic heterocycles. The number of benzene rings is 1. The number of ether oxygens (including phenoxy) is 2. The molecule has 4 rings (SSSR count). The highest BCUT2D eigenvalue weighted by Crippen LogP contribution is 2.62. The van der Waals surface area contributed by atoms with E-state index < -0.39 is 5.60 Å². The Hall–Kier alpha value is -1.55. The maximum Gasteiger partial charge on any atom is 0.410 e. The van der Waals surface area contributed by atoms with Gasteiger partial charge in [-0.1, -0.05) is 38.1 Å². The third kappa shape index (κ3) is 2.81. The van der Waals surface area contributed by atoms with Crippen LogP contribution in [-0.4, -0.2) is 35.8 Å². The highest BCUT2D eigenvalue weighted by Gasteiger charge is 2.63. The van der Waals surface area contributed by atoms with Gasteiger partial charge in [-0.3, -0.25) is 0 Å². The third-order valence-electron chi connectivity index (χ3n) is 5.15. The molecule has 2 heterocycles. The summed E-state index contributed by atoms with van der Waals surface area (Å²) in [7, 11) is 0. The van der Waals surface area contributed by atoms with E-state index in [4.69, 9.17) is 9.47 Å². The number of fused-ring (bicyclic) bond motifs is 5. The van der Waals surface area contributed by atoms with Gasteiger partial charge in [0.1, 0.15) is 11.7 Å². The topological polar surface area (TPSA) is 42.1 Å². The Morgan fingerprint density at radius 1 is 1.21 bits per heavy atom. The first kappa shape index (κ1) is 17.3. The maximum atomic E-state index is 12.2. The normalized spacial score (nSPS) is 26.1. The van der Waals surface area contributed by atoms with Crippen LogP contribution in [0.15, 0.2) is 24.3 Å². The van der Waals surface area contributed by atoms with E-state index in [9.17, 15) is 4.79 Å². The minimum absolute atomic E-state index is 0.111. The molecule has 4 heteroatoms. The van der Waals surface area contributed by atoms with Gasteiger partial charge in [0.25, 0.3) is 0 Å². The zero-order chi connectivity index (χ0) is 17.5. The van der Waals surface area contributed by atoms with Crippen LogP contribution in [-0.2, 0) is 14.9 Å². The van der Waals surface area contributed by atoms with E-state index in [0.717, 1.165) is 25.9 Å². The van der Waals surface area contributed by atoms with E-state index in [1.54, 1.807) is 0 Å². The number of piperidine rings is 1. The van der Waals surface area contributed by atoms with Crippen molar-refractivity contribution in [2.24, 2.45) is 0 Å². The number of nitrogens with zero attached hydrogens (tertiary/aromatic N) is 1. The molecule has 132 valence electrons. The van der Waals surface area contributed by atoms with Crippen molar-refractivity contribution < 1.29 is 14.3 Å². The number of hydrogen-bond donors (Lipinski definition) is 0. The lowest BCUT2D eigenvalue weighted by atomic mass is 9.73. The molecule has 3 aliphatic rings. The van der Waals surface area contributed by atoms with Gasteiger partial charge in [-0.25, -0.2) is 4.79 Å². The fourth-order valence-electron chi connectivity index (χ4n) is 4.09. The van der Waals surface area contributed by atoms with E-state index >= 15 is 0 Å². The van der Waals surface area contributed by atoms with Crippen LogP contribution in [0, 0.1) is 0 Å². The number of epoxide rings is 1. The molecule has 2 atom stereocenters. The second kappa shape index (κ2) is 6.07. The SMILES string of the molecule is CC.CC(C)(C)OC(=O)N1CCC2(CC1)c1ccccc1C1OC12. The first-order chi connectivity index (χ1) is 11.4. The molecule has 2 fully saturated rings. The van der Waals surface area contributed by atoms with Gasteiger partial charge in [-0.2, -0.15) is 0 Å². The van der Waals surface area contributed by atoms with Crippen LogP contribution in [0.3, 0.4) is 0 Å². The summed E-state index contributed by atoms with van der Waals surface area (Å²) in [4.78, 5) is 14.1. The zero-order valence-electron chi connectivity index (χ0n) is 15.5. The van der Waals surface area contributed by atoms with Gasteiger partial charge in [0.2, 0.25) is 0 Å². The number of hydrogen-bond acceptors (Lipinski definition) is 3. The molecule has 2 aliphatic heterocycles. The molecule has 1 aromatic rings. The Balaban J connectivity index is 0.000000815. The highest BCUT2D eigenvalue weighted by atomic mass is 16.6. The van der Waals surface area contributed by atoms with Crippen LogP contribution in [0.1, 0.15) is 64.7 Å². The van der Waals surface area contributed by atoms with E-state index in [1.165, 1.54) is 11.1 Å². The Kier molecular flexibility index (Phi) is 4.37. The fourth-order valence-corrected chi connectivity index (χ4v) is 4.09. The number of likely N-dealkylation sites (tertiary alicyclic amines) is 1. The molecule has 1 spiro atoms. The van der Waals surface area contributed by atoms with Crippen molar-refractivity contribution in [3.05, 3.63) is 35.4 Å². The summed E-state index contributed by atoms with van der Waals surface area (Å²) in [6.07, 6.45) is 2.35. The van der Waals surface area contributed by atoms with Crippen LogP contribution in [0.2, 0.25) is 0 Å². The van der Waals surface area contributed by atoms with Crippen molar-refractivity contribution in [1.82, 2.24) is 4.90 Å². The molecular formula is C20H29NO3. The molecule has 4 nitrogen and oxygen atoms in total. The molecule has 1 aliphatic carbocycles. The first-order valence-electron chi connectivity index (χ1n) is 9.13. The molecule has 2 saturated heterocycles. The lowest BCUT2D eigenvalue weighted by molar-refractivity contribution is 0.0146. The first-order valence-corrected chi connectivity index (χ1v) is 9.13. The molecule has 0 bridgehead atoms. The van der Waals surface area contributed by atoms with Gasteiger partial charge in [-0.05, 0) is 44.7 Å². The Morgan fingerprint density at radius 2 is 1.83 bits per heavy atom. The van der Waals surface area contributed by atoms with Crippen molar-refractivity contribution in [1.29, 1.82) is 0 Å². The molecule has 2 unspecified atom stereocenters. The van der Waals surface area contributed by atoms with Crippen molar-refractivity contribution in [3.8, 4) is 0 Å². The predicted molar refractivity (Wildman–Crippen MR) is 94.1 cm³/mol. The average Bonchev–Trinajstić information content (AvgIpc) is 3.32. The van der Waals surface area contributed by atoms with E-state index in [2.05, 4.69) is 24.3 Å². The molecule has 0 N–H and O–H groups in total. The van der Waals surface area contributed by atoms with Crippen molar-refractivity contribution in [2.75, 3.05) is 13.1 Å². The van der Waals surface area contributed by atoms with Crippen LogP contribution >= 0.6 is 0 Å². The molecule has 0 radical (unpaired) electrons. The van der Waals surface area contributed by atoms with Gasteiger partial charge in [0, 0.05) is 18.5 Å². The van der Waals surface area contributed by atoms with Gasteiger partial charge in [0.15, 0.2) is 0 Å². The van der Waals surface area contributed by atoms with Crippen molar-refractivity contribution in [3.63, 3.8) is 0 Å². The van der Waals surface area contributed by atoms with Gasteiger partial charge in [-0.15, -0.1) is 0 Å². The summed E-state index contributed by atoms with van der Waals surface area (Å²) in [5.74, 6) is 0. The summed E-state index contributed by atoms with van der Waals surface area (Å²) in [5, 5.41) is 0. The third-order valence-corrected chi connectivity index (χ3v) is 5.15. The predicted octanol–water partition coefficient (Wildman–Crippen LogP) is 4.44. The highest BCUT2D eigenvalue weighted by molar-refractivity contribution is 5.68. The standard InChI is InChI=1S/C18H23NO3.C2H6/c1-17(2,3)22-16(20)19-10-8-18(9-11-19)13-7-5-4-6-12(13)14-15(18)21-14;1-2/h4-7,14-15H,8-11H2,1-3H3;1-2H3. The Bertz CT molecular complexity index is 612. The second-order valence-corrected chi connectivity index (χ2v) is 7.69. The van der Waals surface area contributed by atoms with Crippen molar-refractivity contribution in [2.45, 2.75) is 70.7 Å². The Labute approximate surface area is 145 Å². The quantitative estimate of drug-likeness (QED) is 0.660. The zero-order valence-corrected chi connectivity index (χ0v) is 15.5. The van der Waals surface area contributed by atoms with E-state index in [1.807, 2.05) is 39.5 Å². The summed E-state index contributed by atoms with van der Waals surface area (Å²) >= 11 is 0. The van der Waals surface area contributed by atoms with Crippen LogP contribution in [0.25, 0.3) is 0 Å². The molecule has 0 saturated carbocycles. The van der Waals surface area contributed by atoms with Gasteiger partial charge >= 0.3 is 6.09 Å². The van der Waals surface area contributed by atoms with Crippen molar-refractivity contribution >= 4 is 6.09 Å². The minimum atomic E-state index is -0.434. The maximum absolute atomic E-state index is 12.2. The summed E-state index contributed by atoms with van der Waals surface area (Å²) in [6.45, 7) is 11.2. The smallest absolute Gasteiger partial charge is 0.410 e. The molecular weight excluding hydrogens is 302 g/mol. The molecule has 24 heavy (non-hydrogen) atoms. The number of amides is 1. The molecule has 1 amide bonds. The molecule has 1 aromatic carbocycles. The summed E-state index contributed by atoms with van der Waals surface area (Å²) in [5.41, 5.74) is 2.48. The lowest BCUT2D eigenvalue weighted by Gasteiger charge is -2.40. The Morgan fingerprint density at radius 3 is 2.46 bits per heavy atom. The largest absolute Gasteiger partial charge is 0.444 e. The van der Waals surface area contributed by atoms with E-state index in [0.29, 0.717) is 12.2 Å². The van der Waals surface area contributed by atoms with Gasteiger partial charge < -0.3 is 14.4 Å². The van der Waals surface area contributed by atoms with E-state index in [-0.39, 0.29) is 11.5 Å². The fraction of sp³-hybridized carbons (Fsp3) is 0.650. The minimum Gasteiger partial charge on any atom is -0.444 e. The number of carbonyl (C=O) groups is 1. The van der Waals surface area contributed by atoms with Crippen LogP contribution < -0.4 is 0 Å².